The van der Waals surface area contributed by atoms with E-state index in [1.165, 1.54) is 5.56 Å². The van der Waals surface area contributed by atoms with E-state index in [0.29, 0.717) is 5.56 Å². The van der Waals surface area contributed by atoms with Crippen molar-refractivity contribution in [1.82, 2.24) is 15.1 Å². The van der Waals surface area contributed by atoms with Crippen LogP contribution >= 0.6 is 0 Å². The van der Waals surface area contributed by atoms with Crippen LogP contribution in [0.4, 0.5) is 0 Å². The maximum atomic E-state index is 12.7. The van der Waals surface area contributed by atoms with Gasteiger partial charge in [0.2, 0.25) is 0 Å². The van der Waals surface area contributed by atoms with Gasteiger partial charge in [-0.25, -0.2) is 9.48 Å². The highest BCUT2D eigenvalue weighted by atomic mass is 16.5. The van der Waals surface area contributed by atoms with Crippen molar-refractivity contribution in [2.45, 2.75) is 54.0 Å². The molecular formula is C27H33N3O3. The van der Waals surface area contributed by atoms with Crippen molar-refractivity contribution in [3.63, 3.8) is 0 Å². The van der Waals surface area contributed by atoms with E-state index < -0.39 is 5.97 Å². The number of esters is 1. The largest absolute Gasteiger partial charge is 0.461 e. The molecule has 0 saturated carbocycles. The highest BCUT2D eigenvalue weighted by Gasteiger charge is 2.22. The van der Waals surface area contributed by atoms with Gasteiger partial charge >= 0.3 is 5.97 Å². The molecule has 1 atom stereocenters. The van der Waals surface area contributed by atoms with Crippen LogP contribution in [0.2, 0.25) is 0 Å². The number of carbonyl (C=O) groups excluding carboxylic acids is 2. The van der Waals surface area contributed by atoms with Gasteiger partial charge in [0.25, 0.3) is 5.91 Å². The molecule has 3 rings (SSSR count). The molecule has 1 aromatic heterocycles. The van der Waals surface area contributed by atoms with Crippen molar-refractivity contribution < 1.29 is 14.3 Å². The van der Waals surface area contributed by atoms with Gasteiger partial charge in [-0.2, -0.15) is 5.10 Å². The van der Waals surface area contributed by atoms with Gasteiger partial charge in [0.1, 0.15) is 0 Å². The van der Waals surface area contributed by atoms with Gasteiger partial charge < -0.3 is 10.1 Å². The molecule has 6 heteroatoms. The lowest BCUT2D eigenvalue weighted by Crippen LogP contribution is -2.41. The van der Waals surface area contributed by atoms with Gasteiger partial charge in [0.15, 0.2) is 5.69 Å². The molecule has 0 aliphatic carbocycles. The zero-order chi connectivity index (χ0) is 24.2. The summed E-state index contributed by atoms with van der Waals surface area (Å²) in [6.45, 7) is 12.4. The Morgan fingerprint density at radius 3 is 2.21 bits per heavy atom. The molecule has 2 aromatic carbocycles. The first-order valence-corrected chi connectivity index (χ1v) is 11.4. The Morgan fingerprint density at radius 2 is 1.67 bits per heavy atom. The summed E-state index contributed by atoms with van der Waals surface area (Å²) in [7, 11) is 0. The Labute approximate surface area is 196 Å². The number of nitrogens with zero attached hydrogens (tertiary/aromatic N) is 2. The Balaban J connectivity index is 1.95. The fraction of sp³-hybridized carbons (Fsp3) is 0.370. The van der Waals surface area contributed by atoms with Gasteiger partial charge in [0.05, 0.1) is 18.0 Å². The molecule has 174 valence electrons. The van der Waals surface area contributed by atoms with Crippen LogP contribution in [-0.2, 0) is 11.2 Å². The maximum Gasteiger partial charge on any atom is 0.358 e. The topological polar surface area (TPSA) is 73.2 Å². The molecular weight excluding hydrogens is 414 g/mol. The second-order valence-electron chi connectivity index (χ2n) is 9.21. The Morgan fingerprint density at radius 1 is 1.03 bits per heavy atom. The minimum absolute atomic E-state index is 0.0284. The third-order valence-corrected chi connectivity index (χ3v) is 5.87. The first-order valence-electron chi connectivity index (χ1n) is 11.4. The van der Waals surface area contributed by atoms with Gasteiger partial charge in [-0.3, -0.25) is 4.79 Å². The molecule has 0 unspecified atom stereocenters. The lowest BCUT2D eigenvalue weighted by Gasteiger charge is -2.28. The summed E-state index contributed by atoms with van der Waals surface area (Å²) in [4.78, 5) is 25.0. The fourth-order valence-corrected chi connectivity index (χ4v) is 3.25. The van der Waals surface area contributed by atoms with Crippen LogP contribution in [0.5, 0.6) is 0 Å². The van der Waals surface area contributed by atoms with Gasteiger partial charge in [-0.1, -0.05) is 52.0 Å². The standard InChI is InChI=1S/C27H33N3O3/c1-7-19-9-11-20(12-10-19)24-17-23(26(32)33-8-2)29-30(24)22-15-13-21(14-16-22)25(31)28-18(3)27(4,5)6/h9-18H,7-8H2,1-6H3,(H,28,31)/t18-/m1/s1. The number of carbonyl (C=O) groups is 2. The van der Waals surface area contributed by atoms with Crippen molar-refractivity contribution in [3.8, 4) is 16.9 Å². The maximum absolute atomic E-state index is 12.7. The van der Waals surface area contributed by atoms with Crippen LogP contribution in [0.15, 0.2) is 54.6 Å². The van der Waals surface area contributed by atoms with Crippen LogP contribution in [0.1, 0.15) is 68.0 Å². The van der Waals surface area contributed by atoms with Crippen molar-refractivity contribution >= 4 is 11.9 Å². The predicted octanol–water partition coefficient (Wildman–Crippen LogP) is 5.44. The Kier molecular flexibility index (Phi) is 7.36. The summed E-state index contributed by atoms with van der Waals surface area (Å²) in [6, 6.07) is 17.2. The average molecular weight is 448 g/mol. The molecule has 33 heavy (non-hydrogen) atoms. The zero-order valence-corrected chi connectivity index (χ0v) is 20.3. The van der Waals surface area contributed by atoms with Gasteiger partial charge in [-0.15, -0.1) is 0 Å². The van der Waals surface area contributed by atoms with Crippen LogP contribution in [0, 0.1) is 5.41 Å². The predicted molar refractivity (Wildman–Crippen MR) is 131 cm³/mol. The molecule has 3 aromatic rings. The van der Waals surface area contributed by atoms with Gasteiger partial charge in [-0.05, 0) is 61.6 Å². The number of nitrogens with one attached hydrogen (secondary N) is 1. The van der Waals surface area contributed by atoms with E-state index >= 15 is 0 Å². The van der Waals surface area contributed by atoms with E-state index in [-0.39, 0.29) is 29.7 Å². The van der Waals surface area contributed by atoms with Crippen LogP contribution in [-0.4, -0.2) is 34.3 Å². The Bertz CT molecular complexity index is 1110. The molecule has 0 aliphatic rings. The molecule has 0 spiro atoms. The Hall–Kier alpha value is -3.41. The number of rotatable bonds is 7. The van der Waals surface area contributed by atoms with E-state index in [4.69, 9.17) is 4.74 Å². The second-order valence-corrected chi connectivity index (χ2v) is 9.21. The SMILES string of the molecule is CCOC(=O)c1cc(-c2ccc(CC)cc2)n(-c2ccc(C(=O)N[C@H](C)C(C)(C)C)cc2)n1. The first kappa shape index (κ1) is 24.2. The number of aromatic nitrogens is 2. The third kappa shape index (κ3) is 5.69. The number of hydrogen-bond donors (Lipinski definition) is 1. The average Bonchev–Trinajstić information content (AvgIpc) is 3.24. The lowest BCUT2D eigenvalue weighted by atomic mass is 9.88. The lowest BCUT2D eigenvalue weighted by molar-refractivity contribution is 0.0518. The number of aryl methyl sites for hydroxylation is 1. The zero-order valence-electron chi connectivity index (χ0n) is 20.3. The van der Waals surface area contributed by atoms with E-state index in [2.05, 4.69) is 50.2 Å². The number of benzene rings is 2. The molecule has 0 fully saturated rings. The van der Waals surface area contributed by atoms with E-state index in [0.717, 1.165) is 23.4 Å². The van der Waals surface area contributed by atoms with Crippen LogP contribution < -0.4 is 5.32 Å². The highest BCUT2D eigenvalue weighted by molar-refractivity contribution is 5.94. The molecule has 1 N–H and O–H groups in total. The summed E-state index contributed by atoms with van der Waals surface area (Å²) in [5.41, 5.74) is 4.48. The third-order valence-electron chi connectivity index (χ3n) is 5.87. The summed E-state index contributed by atoms with van der Waals surface area (Å²) in [5.74, 6) is -0.582. The van der Waals surface area contributed by atoms with E-state index in [1.54, 1.807) is 29.8 Å². The van der Waals surface area contributed by atoms with E-state index in [9.17, 15) is 9.59 Å². The fourth-order valence-electron chi connectivity index (χ4n) is 3.25. The van der Waals surface area contributed by atoms with Crippen molar-refractivity contribution in [3.05, 3.63) is 71.4 Å². The minimum atomic E-state index is -0.463. The molecule has 1 heterocycles. The summed E-state index contributed by atoms with van der Waals surface area (Å²) < 4.78 is 6.87. The summed E-state index contributed by atoms with van der Waals surface area (Å²) in [5, 5.41) is 7.57. The van der Waals surface area contributed by atoms with Crippen molar-refractivity contribution in [2.24, 2.45) is 5.41 Å². The second kappa shape index (κ2) is 10.0. The van der Waals surface area contributed by atoms with E-state index in [1.807, 2.05) is 31.2 Å². The number of amides is 1. The number of hydrogen-bond acceptors (Lipinski definition) is 4. The minimum Gasteiger partial charge on any atom is -0.461 e. The van der Waals surface area contributed by atoms with Crippen molar-refractivity contribution in [2.75, 3.05) is 6.61 Å². The first-order chi connectivity index (χ1) is 15.6. The quantitative estimate of drug-likeness (QED) is 0.489. The highest BCUT2D eigenvalue weighted by Crippen LogP contribution is 2.26. The normalized spacial score (nSPS) is 12.3. The molecule has 0 radical (unpaired) electrons. The smallest absolute Gasteiger partial charge is 0.358 e. The molecule has 0 aliphatic heterocycles. The number of ether oxygens (including phenoxy) is 1. The van der Waals surface area contributed by atoms with Gasteiger partial charge in [0, 0.05) is 17.2 Å². The van der Waals surface area contributed by atoms with Crippen LogP contribution in [0.25, 0.3) is 16.9 Å². The molecule has 1 amide bonds. The van der Waals surface area contributed by atoms with Crippen LogP contribution in [0.3, 0.4) is 0 Å². The molecule has 6 nitrogen and oxygen atoms in total. The molecule has 0 bridgehead atoms. The molecule has 0 saturated heterocycles. The van der Waals surface area contributed by atoms with Crippen molar-refractivity contribution in [1.29, 1.82) is 0 Å². The summed E-state index contributed by atoms with van der Waals surface area (Å²) >= 11 is 0. The monoisotopic (exact) mass is 447 g/mol. The summed E-state index contributed by atoms with van der Waals surface area (Å²) in [6.07, 6.45) is 0.949.